The first-order chi connectivity index (χ1) is 10.6. The molecule has 100 valence electrons. The summed E-state index contributed by atoms with van der Waals surface area (Å²) in [5.74, 6) is 0. The summed E-state index contributed by atoms with van der Waals surface area (Å²) in [6.45, 7) is 3.96. The second-order valence-electron chi connectivity index (χ2n) is 4.52. The van der Waals surface area contributed by atoms with E-state index in [2.05, 4.69) is 6.58 Å². The molecule has 0 aromatic heterocycles. The standard InChI is InChI=1S/C18H8N4/c1-12(17-4-13(8-19)2-14(5-17)9-20)18-6-15(10-21)3-16(7-18)11-22/h2-7H,1H2. The summed E-state index contributed by atoms with van der Waals surface area (Å²) in [7, 11) is 0. The lowest BCUT2D eigenvalue weighted by Gasteiger charge is -2.08. The van der Waals surface area contributed by atoms with Crippen LogP contribution in [-0.2, 0) is 0 Å². The average molecular weight is 280 g/mol. The molecule has 0 atom stereocenters. The zero-order chi connectivity index (χ0) is 16.1. The van der Waals surface area contributed by atoms with Gasteiger partial charge in [0.15, 0.2) is 0 Å². The van der Waals surface area contributed by atoms with Crippen molar-refractivity contribution in [3.05, 3.63) is 76.4 Å². The largest absolute Gasteiger partial charge is 0.192 e. The van der Waals surface area contributed by atoms with E-state index in [1.807, 2.05) is 24.3 Å². The van der Waals surface area contributed by atoms with Crippen molar-refractivity contribution < 1.29 is 0 Å². The molecule has 0 spiro atoms. The van der Waals surface area contributed by atoms with Gasteiger partial charge in [0, 0.05) is 0 Å². The number of nitriles is 4. The fourth-order valence-electron chi connectivity index (χ4n) is 2.03. The second kappa shape index (κ2) is 6.06. The Hall–Kier alpha value is -3.86. The highest BCUT2D eigenvalue weighted by Gasteiger charge is 2.09. The molecule has 0 N–H and O–H groups in total. The Kier molecular flexibility index (Phi) is 4.01. The lowest BCUT2D eigenvalue weighted by Crippen LogP contribution is -1.92. The van der Waals surface area contributed by atoms with Crippen molar-refractivity contribution >= 4 is 5.57 Å². The first kappa shape index (κ1) is 14.5. The van der Waals surface area contributed by atoms with Crippen LogP contribution in [0.3, 0.4) is 0 Å². The van der Waals surface area contributed by atoms with Crippen molar-refractivity contribution in [1.82, 2.24) is 0 Å². The zero-order valence-electron chi connectivity index (χ0n) is 11.5. The van der Waals surface area contributed by atoms with Crippen LogP contribution in [0.15, 0.2) is 43.0 Å². The minimum Gasteiger partial charge on any atom is -0.192 e. The van der Waals surface area contributed by atoms with Gasteiger partial charge in [-0.2, -0.15) is 21.0 Å². The van der Waals surface area contributed by atoms with E-state index in [4.69, 9.17) is 21.0 Å². The third kappa shape index (κ3) is 2.83. The highest BCUT2D eigenvalue weighted by atomic mass is 14.3. The number of nitrogens with zero attached hydrogens (tertiary/aromatic N) is 4. The maximum Gasteiger partial charge on any atom is 0.0992 e. The van der Waals surface area contributed by atoms with Gasteiger partial charge >= 0.3 is 0 Å². The zero-order valence-corrected chi connectivity index (χ0v) is 11.5. The number of hydrogen-bond acceptors (Lipinski definition) is 4. The molecule has 2 rings (SSSR count). The van der Waals surface area contributed by atoms with E-state index < -0.39 is 0 Å². The van der Waals surface area contributed by atoms with Crippen molar-refractivity contribution in [2.45, 2.75) is 0 Å². The van der Waals surface area contributed by atoms with Crippen LogP contribution in [0.4, 0.5) is 0 Å². The Balaban J connectivity index is 2.59. The lowest BCUT2D eigenvalue weighted by atomic mass is 9.94. The molecule has 0 aliphatic rings. The van der Waals surface area contributed by atoms with E-state index in [1.165, 1.54) is 12.1 Å². The van der Waals surface area contributed by atoms with Gasteiger partial charge in [-0.15, -0.1) is 0 Å². The van der Waals surface area contributed by atoms with Crippen molar-refractivity contribution in [3.8, 4) is 24.3 Å². The molecule has 0 aliphatic heterocycles. The van der Waals surface area contributed by atoms with E-state index in [9.17, 15) is 0 Å². The number of benzene rings is 2. The molecule has 0 radical (unpaired) electrons. The van der Waals surface area contributed by atoms with Crippen molar-refractivity contribution in [3.63, 3.8) is 0 Å². The minimum atomic E-state index is 0.354. The first-order valence-electron chi connectivity index (χ1n) is 6.21. The Morgan fingerprint density at radius 1 is 0.591 bits per heavy atom. The van der Waals surface area contributed by atoms with E-state index in [-0.39, 0.29) is 0 Å². The van der Waals surface area contributed by atoms with Crippen LogP contribution in [0.5, 0.6) is 0 Å². The minimum absolute atomic E-state index is 0.354. The molecule has 0 bridgehead atoms. The van der Waals surface area contributed by atoms with Gasteiger partial charge in [0.25, 0.3) is 0 Å². The molecule has 4 heteroatoms. The molecule has 0 unspecified atom stereocenters. The first-order valence-corrected chi connectivity index (χ1v) is 6.21. The molecular formula is C18H8N4. The van der Waals surface area contributed by atoms with E-state index in [0.717, 1.165) is 0 Å². The molecule has 0 saturated heterocycles. The van der Waals surface area contributed by atoms with Crippen molar-refractivity contribution in [2.75, 3.05) is 0 Å². The van der Waals surface area contributed by atoms with E-state index in [1.54, 1.807) is 24.3 Å². The Morgan fingerprint density at radius 3 is 1.09 bits per heavy atom. The van der Waals surface area contributed by atoms with Crippen molar-refractivity contribution in [1.29, 1.82) is 21.0 Å². The van der Waals surface area contributed by atoms with Crippen LogP contribution in [0, 0.1) is 45.3 Å². The summed E-state index contributed by atoms with van der Waals surface area (Å²) in [4.78, 5) is 0. The predicted octanol–water partition coefficient (Wildman–Crippen LogP) is 3.23. The molecule has 4 nitrogen and oxygen atoms in total. The maximum absolute atomic E-state index is 9.02. The molecule has 2 aromatic rings. The van der Waals surface area contributed by atoms with Gasteiger partial charge in [-0.05, 0) is 53.1 Å². The molecular weight excluding hydrogens is 272 g/mol. The Labute approximate surface area is 128 Å². The van der Waals surface area contributed by atoms with Gasteiger partial charge in [0.1, 0.15) is 0 Å². The summed E-state index contributed by atoms with van der Waals surface area (Å²) in [6, 6.07) is 17.4. The second-order valence-corrected chi connectivity index (χ2v) is 4.52. The summed E-state index contributed by atoms with van der Waals surface area (Å²) >= 11 is 0. The monoisotopic (exact) mass is 280 g/mol. The molecule has 0 heterocycles. The number of rotatable bonds is 2. The third-order valence-electron chi connectivity index (χ3n) is 3.08. The summed E-state index contributed by atoms with van der Waals surface area (Å²) in [5, 5.41) is 36.1. The van der Waals surface area contributed by atoms with Gasteiger partial charge in [0.2, 0.25) is 0 Å². The number of hydrogen-bond donors (Lipinski definition) is 0. The van der Waals surface area contributed by atoms with Gasteiger partial charge in [0.05, 0.1) is 46.5 Å². The fraction of sp³-hybridized carbons (Fsp3) is 0. The molecule has 0 saturated carbocycles. The summed E-state index contributed by atoms with van der Waals surface area (Å²) < 4.78 is 0. The van der Waals surface area contributed by atoms with Crippen LogP contribution >= 0.6 is 0 Å². The van der Waals surface area contributed by atoms with Gasteiger partial charge in [-0.3, -0.25) is 0 Å². The molecule has 0 aliphatic carbocycles. The van der Waals surface area contributed by atoms with Crippen LogP contribution in [0.1, 0.15) is 33.4 Å². The Morgan fingerprint density at radius 2 is 0.864 bits per heavy atom. The fourth-order valence-corrected chi connectivity index (χ4v) is 2.03. The van der Waals surface area contributed by atoms with Crippen LogP contribution in [-0.4, -0.2) is 0 Å². The van der Waals surface area contributed by atoms with Gasteiger partial charge < -0.3 is 0 Å². The smallest absolute Gasteiger partial charge is 0.0992 e. The molecule has 0 fully saturated rings. The highest BCUT2D eigenvalue weighted by Crippen LogP contribution is 2.25. The summed E-state index contributed by atoms with van der Waals surface area (Å²) in [6.07, 6.45) is 0. The molecule has 22 heavy (non-hydrogen) atoms. The van der Waals surface area contributed by atoms with Crippen molar-refractivity contribution in [2.24, 2.45) is 0 Å². The maximum atomic E-state index is 9.02. The third-order valence-corrected chi connectivity index (χ3v) is 3.08. The van der Waals surface area contributed by atoms with E-state index >= 15 is 0 Å². The topological polar surface area (TPSA) is 95.2 Å². The summed E-state index contributed by atoms with van der Waals surface area (Å²) in [5.41, 5.74) is 3.17. The van der Waals surface area contributed by atoms with Gasteiger partial charge in [-0.1, -0.05) is 6.58 Å². The van der Waals surface area contributed by atoms with Crippen LogP contribution < -0.4 is 0 Å². The van der Waals surface area contributed by atoms with Crippen LogP contribution in [0.25, 0.3) is 5.57 Å². The quantitative estimate of drug-likeness (QED) is 0.843. The van der Waals surface area contributed by atoms with Gasteiger partial charge in [-0.25, -0.2) is 0 Å². The Bertz CT molecular complexity index is 799. The predicted molar refractivity (Wildman–Crippen MR) is 79.9 cm³/mol. The SMILES string of the molecule is C=C(c1cc(C#N)cc(C#N)c1)c1cc(C#N)cc(C#N)c1. The normalized spacial score (nSPS) is 8.91. The van der Waals surface area contributed by atoms with E-state index in [0.29, 0.717) is 39.0 Å². The average Bonchev–Trinajstić information content (AvgIpc) is 2.59. The van der Waals surface area contributed by atoms with Crippen LogP contribution in [0.2, 0.25) is 0 Å². The lowest BCUT2D eigenvalue weighted by molar-refractivity contribution is 1.41. The molecule has 0 amide bonds. The molecule has 2 aromatic carbocycles. The highest BCUT2D eigenvalue weighted by molar-refractivity contribution is 5.80.